The molecule has 2 heterocycles. The molecule has 1 amide bonds. The molecule has 1 saturated heterocycles. The zero-order valence-electron chi connectivity index (χ0n) is 18.8. The molecule has 1 atom stereocenters. The van der Waals surface area contributed by atoms with Gasteiger partial charge in [0.15, 0.2) is 11.5 Å². The van der Waals surface area contributed by atoms with Gasteiger partial charge in [-0.25, -0.2) is 4.98 Å². The lowest BCUT2D eigenvalue weighted by molar-refractivity contribution is 0.0669. The zero-order valence-corrected chi connectivity index (χ0v) is 19.7. The highest BCUT2D eigenvalue weighted by atomic mass is 32.1. The molecule has 2 aromatic carbocycles. The summed E-state index contributed by atoms with van der Waals surface area (Å²) in [4.78, 5) is 16.9. The number of benzene rings is 2. The summed E-state index contributed by atoms with van der Waals surface area (Å²) < 4.78 is 22.7. The molecule has 33 heavy (non-hydrogen) atoms. The number of rotatable bonds is 10. The number of aryl methyl sites for hydroxylation is 1. The van der Waals surface area contributed by atoms with Crippen molar-refractivity contribution in [3.05, 3.63) is 69.7 Å². The standard InChI is InChI=1S/C25H28N2O5S/c1-17-5-8-19(9-6-17)31-15-24-27-21(16-33-24)25(28)26-13-18-7-10-22(23(12-18)29-2)32-14-20-4-3-11-30-20/h5-10,12,16,20H,3-4,11,13-15H2,1-2H3,(H,26,28). The Kier molecular flexibility index (Phi) is 7.80. The van der Waals surface area contributed by atoms with Crippen LogP contribution < -0.4 is 19.5 Å². The quantitative estimate of drug-likeness (QED) is 0.471. The van der Waals surface area contributed by atoms with E-state index >= 15 is 0 Å². The third-order valence-electron chi connectivity index (χ3n) is 5.30. The first-order valence-electron chi connectivity index (χ1n) is 10.9. The molecule has 7 nitrogen and oxygen atoms in total. The van der Waals surface area contributed by atoms with Gasteiger partial charge < -0.3 is 24.3 Å². The average molecular weight is 469 g/mol. The Labute approximate surface area is 197 Å². The van der Waals surface area contributed by atoms with Gasteiger partial charge >= 0.3 is 0 Å². The molecule has 1 unspecified atom stereocenters. The van der Waals surface area contributed by atoms with Crippen LogP contribution in [0.1, 0.15) is 39.5 Å². The first-order valence-corrected chi connectivity index (χ1v) is 11.8. The van der Waals surface area contributed by atoms with Crippen molar-refractivity contribution in [2.24, 2.45) is 0 Å². The van der Waals surface area contributed by atoms with Crippen molar-refractivity contribution in [2.75, 3.05) is 20.3 Å². The van der Waals surface area contributed by atoms with Gasteiger partial charge in [0, 0.05) is 18.5 Å². The maximum atomic E-state index is 12.5. The van der Waals surface area contributed by atoms with Crippen molar-refractivity contribution in [2.45, 2.75) is 39.0 Å². The molecule has 1 fully saturated rings. The fraction of sp³-hybridized carbons (Fsp3) is 0.360. The molecule has 0 aliphatic carbocycles. The molecule has 8 heteroatoms. The van der Waals surface area contributed by atoms with Crippen LogP contribution in [0.2, 0.25) is 0 Å². The number of amides is 1. The largest absolute Gasteiger partial charge is 0.493 e. The van der Waals surface area contributed by atoms with E-state index in [2.05, 4.69) is 10.3 Å². The number of carbonyl (C=O) groups excluding carboxylic acids is 1. The van der Waals surface area contributed by atoms with Crippen molar-refractivity contribution in [1.29, 1.82) is 0 Å². The van der Waals surface area contributed by atoms with E-state index in [-0.39, 0.29) is 12.0 Å². The van der Waals surface area contributed by atoms with Crippen molar-refractivity contribution in [1.82, 2.24) is 10.3 Å². The Bertz CT molecular complexity index is 1060. The monoisotopic (exact) mass is 468 g/mol. The van der Waals surface area contributed by atoms with E-state index in [4.69, 9.17) is 18.9 Å². The highest BCUT2D eigenvalue weighted by Gasteiger charge is 2.17. The first-order chi connectivity index (χ1) is 16.1. The van der Waals surface area contributed by atoms with Crippen molar-refractivity contribution >= 4 is 17.2 Å². The number of nitrogens with one attached hydrogen (secondary N) is 1. The van der Waals surface area contributed by atoms with Crippen LogP contribution in [-0.4, -0.2) is 37.3 Å². The number of ether oxygens (including phenoxy) is 4. The number of aromatic nitrogens is 1. The van der Waals surface area contributed by atoms with Gasteiger partial charge in [0.1, 0.15) is 29.7 Å². The minimum absolute atomic E-state index is 0.138. The SMILES string of the molecule is COc1cc(CNC(=O)c2csc(COc3ccc(C)cc3)n2)ccc1OCC1CCCO1. The van der Waals surface area contributed by atoms with Gasteiger partial charge in [-0.3, -0.25) is 4.79 Å². The summed E-state index contributed by atoms with van der Waals surface area (Å²) in [7, 11) is 1.60. The highest BCUT2D eigenvalue weighted by molar-refractivity contribution is 7.09. The summed E-state index contributed by atoms with van der Waals surface area (Å²) in [6, 6.07) is 13.5. The lowest BCUT2D eigenvalue weighted by Crippen LogP contribution is -2.23. The zero-order chi connectivity index (χ0) is 23.0. The molecular formula is C25H28N2O5S. The Balaban J connectivity index is 1.27. The van der Waals surface area contributed by atoms with Gasteiger partial charge in [0.2, 0.25) is 0 Å². The van der Waals surface area contributed by atoms with Crippen molar-refractivity contribution < 1.29 is 23.7 Å². The molecule has 1 N–H and O–H groups in total. The molecule has 1 aliphatic rings. The molecule has 0 radical (unpaired) electrons. The fourth-order valence-corrected chi connectivity index (χ4v) is 4.12. The number of hydrogen-bond acceptors (Lipinski definition) is 7. The number of nitrogens with zero attached hydrogens (tertiary/aromatic N) is 1. The highest BCUT2D eigenvalue weighted by Crippen LogP contribution is 2.29. The van der Waals surface area contributed by atoms with Crippen LogP contribution in [0.5, 0.6) is 17.2 Å². The lowest BCUT2D eigenvalue weighted by Gasteiger charge is -2.15. The second-order valence-electron chi connectivity index (χ2n) is 7.84. The first kappa shape index (κ1) is 23.1. The van der Waals surface area contributed by atoms with Gasteiger partial charge in [-0.15, -0.1) is 11.3 Å². The topological polar surface area (TPSA) is 78.9 Å². The summed E-state index contributed by atoms with van der Waals surface area (Å²) in [6.07, 6.45) is 2.23. The van der Waals surface area contributed by atoms with Crippen LogP contribution in [0.25, 0.3) is 0 Å². The number of methoxy groups -OCH3 is 1. The number of thiazole rings is 1. The molecule has 3 aromatic rings. The molecule has 4 rings (SSSR count). The Hall–Kier alpha value is -3.10. The fourth-order valence-electron chi connectivity index (χ4n) is 3.43. The maximum Gasteiger partial charge on any atom is 0.271 e. The minimum atomic E-state index is -0.231. The molecule has 0 spiro atoms. The van der Waals surface area contributed by atoms with E-state index in [9.17, 15) is 4.79 Å². The van der Waals surface area contributed by atoms with Crippen molar-refractivity contribution in [3.63, 3.8) is 0 Å². The van der Waals surface area contributed by atoms with Crippen LogP contribution in [0.4, 0.5) is 0 Å². The average Bonchev–Trinajstić information content (AvgIpc) is 3.53. The van der Waals surface area contributed by atoms with Gasteiger partial charge in [0.05, 0.1) is 13.2 Å². The maximum absolute atomic E-state index is 12.5. The molecule has 174 valence electrons. The third kappa shape index (κ3) is 6.46. The molecule has 1 aromatic heterocycles. The summed E-state index contributed by atoms with van der Waals surface area (Å²) in [5.74, 6) is 1.84. The summed E-state index contributed by atoms with van der Waals surface area (Å²) in [6.45, 7) is 4.01. The summed E-state index contributed by atoms with van der Waals surface area (Å²) in [5, 5.41) is 5.39. The van der Waals surface area contributed by atoms with E-state index in [1.54, 1.807) is 12.5 Å². The van der Waals surface area contributed by atoms with Crippen LogP contribution in [-0.2, 0) is 17.9 Å². The Morgan fingerprint density at radius 1 is 1.18 bits per heavy atom. The lowest BCUT2D eigenvalue weighted by atomic mass is 10.2. The van der Waals surface area contributed by atoms with E-state index in [1.807, 2.05) is 49.4 Å². The van der Waals surface area contributed by atoms with E-state index in [0.717, 1.165) is 35.8 Å². The molecule has 0 bridgehead atoms. The smallest absolute Gasteiger partial charge is 0.271 e. The van der Waals surface area contributed by atoms with E-state index < -0.39 is 0 Å². The minimum Gasteiger partial charge on any atom is -0.493 e. The van der Waals surface area contributed by atoms with Crippen LogP contribution in [0, 0.1) is 6.92 Å². The van der Waals surface area contributed by atoms with Gasteiger partial charge in [0.25, 0.3) is 5.91 Å². The predicted molar refractivity (Wildman–Crippen MR) is 126 cm³/mol. The predicted octanol–water partition coefficient (Wildman–Crippen LogP) is 4.53. The van der Waals surface area contributed by atoms with Crippen LogP contribution in [0.15, 0.2) is 47.8 Å². The van der Waals surface area contributed by atoms with Gasteiger partial charge in [-0.05, 0) is 49.6 Å². The summed E-state index contributed by atoms with van der Waals surface area (Å²) >= 11 is 1.40. The number of hydrogen-bond donors (Lipinski definition) is 1. The molecular weight excluding hydrogens is 440 g/mol. The normalized spacial score (nSPS) is 15.3. The van der Waals surface area contributed by atoms with E-state index in [1.165, 1.54) is 16.9 Å². The molecule has 1 aliphatic heterocycles. The van der Waals surface area contributed by atoms with Gasteiger partial charge in [-0.1, -0.05) is 23.8 Å². The van der Waals surface area contributed by atoms with Crippen molar-refractivity contribution in [3.8, 4) is 17.2 Å². The Morgan fingerprint density at radius 2 is 2.03 bits per heavy atom. The van der Waals surface area contributed by atoms with Gasteiger partial charge in [-0.2, -0.15) is 0 Å². The second-order valence-corrected chi connectivity index (χ2v) is 8.78. The summed E-state index contributed by atoms with van der Waals surface area (Å²) in [5.41, 5.74) is 2.46. The second kappa shape index (κ2) is 11.2. The van der Waals surface area contributed by atoms with E-state index in [0.29, 0.717) is 37.0 Å². The third-order valence-corrected chi connectivity index (χ3v) is 6.12. The number of carbonyl (C=O) groups is 1. The molecule has 0 saturated carbocycles. The van der Waals surface area contributed by atoms with Crippen LogP contribution in [0.3, 0.4) is 0 Å². The van der Waals surface area contributed by atoms with Crippen LogP contribution >= 0.6 is 11.3 Å². The Morgan fingerprint density at radius 3 is 2.79 bits per heavy atom.